The molecule has 2 saturated carbocycles. The van der Waals surface area contributed by atoms with Gasteiger partial charge < -0.3 is 0 Å². The van der Waals surface area contributed by atoms with E-state index in [0.29, 0.717) is 34.5 Å². The number of hydrogen-bond donors (Lipinski definition) is 0. The second kappa shape index (κ2) is 5.50. The van der Waals surface area contributed by atoms with Crippen molar-refractivity contribution in [2.75, 3.05) is 0 Å². The zero-order valence-electron chi connectivity index (χ0n) is 18.8. The fourth-order valence-corrected chi connectivity index (χ4v) is 7.52. The summed E-state index contributed by atoms with van der Waals surface area (Å²) in [6.45, 7) is 14.6. The first kappa shape index (κ1) is 18.1. The smallest absolute Gasteiger partial charge is 0.0889 e. The Bertz CT molecular complexity index is 1020. The first-order valence-corrected chi connectivity index (χ1v) is 11.7. The lowest BCUT2D eigenvalue weighted by Crippen LogP contribution is -2.51. The van der Waals surface area contributed by atoms with Crippen LogP contribution in [0.4, 0.5) is 0 Å². The second-order valence-electron chi connectivity index (χ2n) is 11.9. The van der Waals surface area contributed by atoms with E-state index in [1.54, 1.807) is 0 Å². The Labute approximate surface area is 175 Å². The molecule has 0 amide bonds. The van der Waals surface area contributed by atoms with Crippen molar-refractivity contribution in [2.24, 2.45) is 28.6 Å². The van der Waals surface area contributed by atoms with Crippen molar-refractivity contribution in [1.29, 1.82) is 0 Å². The highest BCUT2D eigenvalue weighted by atomic mass is 14.8. The molecule has 0 N–H and O–H groups in total. The number of hydrogen-bond acceptors (Lipinski definition) is 2. The summed E-state index contributed by atoms with van der Waals surface area (Å²) in [5, 5.41) is 0. The maximum absolute atomic E-state index is 5.28. The molecule has 2 nitrogen and oxygen atoms in total. The summed E-state index contributed by atoms with van der Waals surface area (Å²) >= 11 is 0. The van der Waals surface area contributed by atoms with Crippen molar-refractivity contribution in [3.8, 4) is 11.4 Å². The molecule has 0 radical (unpaired) electrons. The van der Waals surface area contributed by atoms with Gasteiger partial charge >= 0.3 is 0 Å². The Morgan fingerprint density at radius 1 is 0.828 bits per heavy atom. The van der Waals surface area contributed by atoms with E-state index in [-0.39, 0.29) is 0 Å². The third kappa shape index (κ3) is 2.19. The van der Waals surface area contributed by atoms with Crippen LogP contribution in [0, 0.1) is 28.6 Å². The molecule has 6 aliphatic rings. The van der Waals surface area contributed by atoms with Gasteiger partial charge in [0.1, 0.15) is 0 Å². The van der Waals surface area contributed by atoms with Crippen LogP contribution >= 0.6 is 0 Å². The van der Waals surface area contributed by atoms with Crippen molar-refractivity contribution in [1.82, 2.24) is 9.97 Å². The maximum Gasteiger partial charge on any atom is 0.0889 e. The fourth-order valence-electron chi connectivity index (χ4n) is 7.52. The SMILES string of the molecule is CC(C)[C@@H]1c2nc(-c3ccc4c(n3)C[C@H]3C[C@@H]4C3(C)C)ccc2[C@@H]2C[C@H]1C2(C)C. The quantitative estimate of drug-likeness (QED) is 0.573. The highest BCUT2D eigenvalue weighted by molar-refractivity contribution is 5.58. The van der Waals surface area contributed by atoms with E-state index in [2.05, 4.69) is 65.8 Å². The molecule has 4 bridgehead atoms. The zero-order chi connectivity index (χ0) is 20.3. The lowest BCUT2D eigenvalue weighted by molar-refractivity contribution is -0.0198. The molecule has 0 saturated heterocycles. The Kier molecular flexibility index (Phi) is 3.44. The van der Waals surface area contributed by atoms with Gasteiger partial charge in [0.05, 0.1) is 11.4 Å². The van der Waals surface area contributed by atoms with Gasteiger partial charge in [-0.1, -0.05) is 53.7 Å². The first-order valence-electron chi connectivity index (χ1n) is 11.7. The van der Waals surface area contributed by atoms with Gasteiger partial charge in [-0.2, -0.15) is 0 Å². The minimum Gasteiger partial charge on any atom is -0.251 e. The molecule has 152 valence electrons. The summed E-state index contributed by atoms with van der Waals surface area (Å²) in [7, 11) is 0. The Balaban J connectivity index is 1.41. The van der Waals surface area contributed by atoms with Gasteiger partial charge in [-0.25, -0.2) is 0 Å². The van der Waals surface area contributed by atoms with Crippen LogP contribution < -0.4 is 0 Å². The van der Waals surface area contributed by atoms with Crippen LogP contribution in [0.15, 0.2) is 24.3 Å². The summed E-state index contributed by atoms with van der Waals surface area (Å²) in [4.78, 5) is 10.4. The molecule has 29 heavy (non-hydrogen) atoms. The first-order chi connectivity index (χ1) is 13.7. The molecule has 5 atom stereocenters. The van der Waals surface area contributed by atoms with Crippen LogP contribution in [0.2, 0.25) is 0 Å². The molecule has 0 unspecified atom stereocenters. The van der Waals surface area contributed by atoms with Crippen molar-refractivity contribution in [2.45, 2.75) is 78.6 Å². The minimum absolute atomic E-state index is 0.420. The second-order valence-corrected chi connectivity index (χ2v) is 11.9. The lowest BCUT2D eigenvalue weighted by Gasteiger charge is -2.61. The highest BCUT2D eigenvalue weighted by Crippen LogP contribution is 2.67. The normalized spacial score (nSPS) is 34.7. The van der Waals surface area contributed by atoms with Crippen LogP contribution in [0.3, 0.4) is 0 Å². The Hall–Kier alpha value is -1.70. The number of aromatic nitrogens is 2. The molecule has 6 aliphatic carbocycles. The van der Waals surface area contributed by atoms with E-state index in [9.17, 15) is 0 Å². The van der Waals surface area contributed by atoms with Crippen LogP contribution in [0.25, 0.3) is 11.4 Å². The molecule has 0 aliphatic heterocycles. The standard InChI is InChI=1S/C27H34N2/c1-14(2)24-20-13-19(27(20,5)6)17-8-10-22(29-25(17)24)21-9-7-16-18-11-15(26(18,3)4)12-23(16)28-21/h7-10,14-15,18-20,24H,11-13H2,1-6H3/t15-,18+,19+,20-,24+/m1/s1. The summed E-state index contributed by atoms with van der Waals surface area (Å²) in [6.07, 6.45) is 3.84. The number of pyridine rings is 2. The van der Waals surface area contributed by atoms with Crippen LogP contribution in [-0.2, 0) is 6.42 Å². The van der Waals surface area contributed by atoms with Crippen molar-refractivity contribution < 1.29 is 0 Å². The van der Waals surface area contributed by atoms with Crippen molar-refractivity contribution in [3.05, 3.63) is 46.8 Å². The average molecular weight is 387 g/mol. The fraction of sp³-hybridized carbons (Fsp3) is 0.630. The Morgan fingerprint density at radius 3 is 2.14 bits per heavy atom. The Morgan fingerprint density at radius 2 is 1.48 bits per heavy atom. The highest BCUT2D eigenvalue weighted by Gasteiger charge is 2.58. The van der Waals surface area contributed by atoms with E-state index >= 15 is 0 Å². The summed E-state index contributed by atoms with van der Waals surface area (Å²) in [5.41, 5.74) is 8.76. The minimum atomic E-state index is 0.420. The molecule has 0 aromatic carbocycles. The van der Waals surface area contributed by atoms with Gasteiger partial charge in [0.25, 0.3) is 0 Å². The largest absolute Gasteiger partial charge is 0.251 e. The van der Waals surface area contributed by atoms with Gasteiger partial charge in [-0.15, -0.1) is 0 Å². The molecule has 0 spiro atoms. The third-order valence-electron chi connectivity index (χ3n) is 9.70. The van der Waals surface area contributed by atoms with E-state index in [0.717, 1.165) is 29.6 Å². The molecule has 2 heteroatoms. The summed E-state index contributed by atoms with van der Waals surface area (Å²) in [5.74, 6) is 4.18. The molecule has 2 aromatic heterocycles. The van der Waals surface area contributed by atoms with Gasteiger partial charge in [0.15, 0.2) is 0 Å². The van der Waals surface area contributed by atoms with E-state index < -0.39 is 0 Å². The molecule has 2 fully saturated rings. The topological polar surface area (TPSA) is 25.8 Å². The van der Waals surface area contributed by atoms with Gasteiger partial charge in [-0.3, -0.25) is 9.97 Å². The summed E-state index contributed by atoms with van der Waals surface area (Å²) in [6, 6.07) is 9.23. The zero-order valence-corrected chi connectivity index (χ0v) is 18.8. The average Bonchev–Trinajstić information content (AvgIpc) is 2.70. The van der Waals surface area contributed by atoms with Crippen LogP contribution in [-0.4, -0.2) is 9.97 Å². The number of nitrogens with zero attached hydrogens (tertiary/aromatic N) is 2. The van der Waals surface area contributed by atoms with E-state index in [4.69, 9.17) is 9.97 Å². The van der Waals surface area contributed by atoms with Gasteiger partial charge in [-0.05, 0) is 82.9 Å². The monoisotopic (exact) mass is 386 g/mol. The van der Waals surface area contributed by atoms with Gasteiger partial charge in [0, 0.05) is 17.3 Å². The molecule has 2 aromatic rings. The van der Waals surface area contributed by atoms with Crippen LogP contribution in [0.5, 0.6) is 0 Å². The predicted molar refractivity (Wildman–Crippen MR) is 118 cm³/mol. The molecular weight excluding hydrogens is 352 g/mol. The molecular formula is C27H34N2. The number of rotatable bonds is 2. The van der Waals surface area contributed by atoms with Crippen molar-refractivity contribution >= 4 is 0 Å². The maximum atomic E-state index is 5.28. The predicted octanol–water partition coefficient (Wildman–Crippen LogP) is 6.71. The van der Waals surface area contributed by atoms with Gasteiger partial charge in [0.2, 0.25) is 0 Å². The van der Waals surface area contributed by atoms with E-state index in [1.165, 1.54) is 35.4 Å². The molecule has 2 heterocycles. The molecule has 8 rings (SSSR count). The third-order valence-corrected chi connectivity index (χ3v) is 9.70. The van der Waals surface area contributed by atoms with Crippen LogP contribution in [0.1, 0.15) is 94.7 Å². The lowest BCUT2D eigenvalue weighted by atomic mass is 9.43. The van der Waals surface area contributed by atoms with E-state index in [1.807, 2.05) is 0 Å². The van der Waals surface area contributed by atoms with Crippen molar-refractivity contribution in [3.63, 3.8) is 0 Å². The summed E-state index contributed by atoms with van der Waals surface area (Å²) < 4.78 is 0.